The molecule has 0 aromatic heterocycles. The summed E-state index contributed by atoms with van der Waals surface area (Å²) in [7, 11) is 0. The normalized spacial score (nSPS) is 30.4. The highest BCUT2D eigenvalue weighted by Gasteiger charge is 2.37. The summed E-state index contributed by atoms with van der Waals surface area (Å²) in [5, 5.41) is 0. The van der Waals surface area contributed by atoms with E-state index in [1.807, 2.05) is 0 Å². The van der Waals surface area contributed by atoms with Crippen molar-refractivity contribution in [3.8, 4) is 0 Å². The van der Waals surface area contributed by atoms with Crippen molar-refractivity contribution in [2.75, 3.05) is 0 Å². The predicted molar refractivity (Wildman–Crippen MR) is 147 cm³/mol. The van der Waals surface area contributed by atoms with Crippen molar-refractivity contribution in [2.45, 2.75) is 151 Å². The van der Waals surface area contributed by atoms with Gasteiger partial charge in [-0.2, -0.15) is 0 Å². The second-order valence-corrected chi connectivity index (χ2v) is 14.3. The van der Waals surface area contributed by atoms with Crippen molar-refractivity contribution in [1.82, 2.24) is 0 Å². The molecular formula is C33H62. The Morgan fingerprint density at radius 2 is 1.30 bits per heavy atom. The van der Waals surface area contributed by atoms with Crippen LogP contribution in [0.25, 0.3) is 0 Å². The molecule has 194 valence electrons. The third kappa shape index (κ3) is 8.86. The molecular weight excluding hydrogens is 396 g/mol. The fourth-order valence-electron chi connectivity index (χ4n) is 8.68. The average Bonchev–Trinajstić information content (AvgIpc) is 3.30. The smallest absolute Gasteiger partial charge is 0.0357 e. The zero-order valence-corrected chi connectivity index (χ0v) is 23.8. The Bertz CT molecular complexity index is 510. The minimum atomic E-state index is 0.840. The highest BCUT2D eigenvalue weighted by Crippen LogP contribution is 2.48. The van der Waals surface area contributed by atoms with E-state index in [-0.39, 0.29) is 0 Å². The number of hydrogen-bond donors (Lipinski definition) is 0. The first-order valence-electron chi connectivity index (χ1n) is 15.8. The molecule has 33 heavy (non-hydrogen) atoms. The standard InChI is InChI=1S/C33H62/c1-24(2)20-31(25(3)4)22-27(6)32(21-26(5)18-19-28-12-7-8-13-28)23-30-16-11-15-29-14-9-10-17-33(29)30/h24-33H,7-23H2,1-6H3/t26-,27?,29+,30?,31?,32+,33?/m1/s1. The molecule has 0 radical (unpaired) electrons. The van der Waals surface area contributed by atoms with Crippen LogP contribution in [0.2, 0.25) is 0 Å². The van der Waals surface area contributed by atoms with Crippen molar-refractivity contribution < 1.29 is 0 Å². The molecule has 0 heteroatoms. The van der Waals surface area contributed by atoms with Gasteiger partial charge in [-0.05, 0) is 91.3 Å². The van der Waals surface area contributed by atoms with Gasteiger partial charge in [0.2, 0.25) is 0 Å². The number of hydrogen-bond acceptors (Lipinski definition) is 0. The molecule has 3 rings (SSSR count). The molecule has 0 aliphatic heterocycles. The van der Waals surface area contributed by atoms with Crippen LogP contribution in [0.4, 0.5) is 0 Å². The van der Waals surface area contributed by atoms with Crippen molar-refractivity contribution in [3.05, 3.63) is 0 Å². The van der Waals surface area contributed by atoms with Crippen LogP contribution in [0.1, 0.15) is 151 Å². The monoisotopic (exact) mass is 458 g/mol. The van der Waals surface area contributed by atoms with Crippen LogP contribution in [0.3, 0.4) is 0 Å². The van der Waals surface area contributed by atoms with Gasteiger partial charge < -0.3 is 0 Å². The van der Waals surface area contributed by atoms with Crippen LogP contribution in [-0.2, 0) is 0 Å². The van der Waals surface area contributed by atoms with Crippen molar-refractivity contribution in [2.24, 2.45) is 59.2 Å². The Morgan fingerprint density at radius 1 is 0.636 bits per heavy atom. The summed E-state index contributed by atoms with van der Waals surface area (Å²) in [4.78, 5) is 0. The minimum absolute atomic E-state index is 0.840. The molecule has 3 saturated carbocycles. The van der Waals surface area contributed by atoms with E-state index in [0.717, 1.165) is 59.2 Å². The zero-order chi connectivity index (χ0) is 23.8. The van der Waals surface area contributed by atoms with E-state index in [1.54, 1.807) is 32.1 Å². The summed E-state index contributed by atoms with van der Waals surface area (Å²) in [5.41, 5.74) is 0. The lowest BCUT2D eigenvalue weighted by molar-refractivity contribution is 0.0684. The maximum atomic E-state index is 2.67. The van der Waals surface area contributed by atoms with Crippen LogP contribution >= 0.6 is 0 Å². The zero-order valence-electron chi connectivity index (χ0n) is 23.8. The molecule has 0 aromatic carbocycles. The van der Waals surface area contributed by atoms with Gasteiger partial charge in [0.05, 0.1) is 0 Å². The molecule has 0 spiro atoms. The lowest BCUT2D eigenvalue weighted by atomic mass is 9.62. The number of rotatable bonds is 13. The molecule has 0 amide bonds. The van der Waals surface area contributed by atoms with E-state index in [1.165, 1.54) is 77.0 Å². The highest BCUT2D eigenvalue weighted by molar-refractivity contribution is 4.88. The predicted octanol–water partition coefficient (Wildman–Crippen LogP) is 10.9. The van der Waals surface area contributed by atoms with E-state index in [0.29, 0.717) is 0 Å². The van der Waals surface area contributed by atoms with Crippen LogP contribution in [0.5, 0.6) is 0 Å². The van der Waals surface area contributed by atoms with Gasteiger partial charge in [-0.3, -0.25) is 0 Å². The fourth-order valence-corrected chi connectivity index (χ4v) is 8.68. The lowest BCUT2D eigenvalue weighted by Crippen LogP contribution is -2.33. The molecule has 0 N–H and O–H groups in total. The molecule has 3 fully saturated rings. The van der Waals surface area contributed by atoms with Crippen LogP contribution in [0.15, 0.2) is 0 Å². The van der Waals surface area contributed by atoms with Gasteiger partial charge in [0.25, 0.3) is 0 Å². The van der Waals surface area contributed by atoms with Crippen LogP contribution in [0, 0.1) is 59.2 Å². The Hall–Kier alpha value is 0. The van der Waals surface area contributed by atoms with E-state index in [4.69, 9.17) is 0 Å². The SMILES string of the molecule is CC(C)CC(CC(C)[C@H](CC1CCC[C@@H]2CCCCC12)C[C@H](C)CCC1CCCC1)C(C)C. The first kappa shape index (κ1) is 27.6. The Balaban J connectivity index is 1.63. The van der Waals surface area contributed by atoms with Crippen molar-refractivity contribution in [1.29, 1.82) is 0 Å². The lowest BCUT2D eigenvalue weighted by Gasteiger charge is -2.44. The average molecular weight is 459 g/mol. The van der Waals surface area contributed by atoms with E-state index < -0.39 is 0 Å². The van der Waals surface area contributed by atoms with E-state index >= 15 is 0 Å². The van der Waals surface area contributed by atoms with Gasteiger partial charge in [-0.15, -0.1) is 0 Å². The van der Waals surface area contributed by atoms with Gasteiger partial charge in [0, 0.05) is 0 Å². The molecule has 0 saturated heterocycles. The Morgan fingerprint density at radius 3 is 2.00 bits per heavy atom. The van der Waals surface area contributed by atoms with E-state index in [2.05, 4.69) is 41.5 Å². The summed E-state index contributed by atoms with van der Waals surface area (Å²) >= 11 is 0. The summed E-state index contributed by atoms with van der Waals surface area (Å²) in [6.07, 6.45) is 25.9. The van der Waals surface area contributed by atoms with Crippen molar-refractivity contribution in [3.63, 3.8) is 0 Å². The van der Waals surface area contributed by atoms with Crippen LogP contribution in [-0.4, -0.2) is 0 Å². The molecule has 3 aliphatic carbocycles. The second-order valence-electron chi connectivity index (χ2n) is 14.3. The van der Waals surface area contributed by atoms with Gasteiger partial charge in [0.1, 0.15) is 0 Å². The van der Waals surface area contributed by atoms with Gasteiger partial charge >= 0.3 is 0 Å². The van der Waals surface area contributed by atoms with Gasteiger partial charge in [-0.1, -0.05) is 119 Å². The molecule has 0 nitrogen and oxygen atoms in total. The maximum Gasteiger partial charge on any atom is -0.0357 e. The van der Waals surface area contributed by atoms with Crippen LogP contribution < -0.4 is 0 Å². The number of fused-ring (bicyclic) bond motifs is 1. The molecule has 3 aliphatic rings. The summed E-state index contributed by atoms with van der Waals surface area (Å²) in [6.45, 7) is 15.2. The second kappa shape index (κ2) is 13.9. The Kier molecular flexibility index (Phi) is 11.6. The van der Waals surface area contributed by atoms with Gasteiger partial charge in [-0.25, -0.2) is 0 Å². The molecule has 7 atom stereocenters. The Labute approximate surface area is 209 Å². The molecule has 4 unspecified atom stereocenters. The summed E-state index contributed by atoms with van der Waals surface area (Å²) in [6, 6.07) is 0. The highest BCUT2D eigenvalue weighted by atomic mass is 14.4. The van der Waals surface area contributed by atoms with E-state index in [9.17, 15) is 0 Å². The summed E-state index contributed by atoms with van der Waals surface area (Å²) in [5.74, 6) is 9.74. The van der Waals surface area contributed by atoms with Gasteiger partial charge in [0.15, 0.2) is 0 Å². The molecule has 0 bridgehead atoms. The minimum Gasteiger partial charge on any atom is -0.0628 e. The third-order valence-electron chi connectivity index (χ3n) is 10.8. The molecule has 0 aromatic rings. The first-order chi connectivity index (χ1) is 15.8. The quantitative estimate of drug-likeness (QED) is 0.257. The maximum absolute atomic E-state index is 2.67. The first-order valence-corrected chi connectivity index (χ1v) is 15.8. The largest absolute Gasteiger partial charge is 0.0628 e. The molecule has 0 heterocycles. The topological polar surface area (TPSA) is 0 Å². The van der Waals surface area contributed by atoms with Crippen molar-refractivity contribution >= 4 is 0 Å². The fraction of sp³-hybridized carbons (Fsp3) is 1.00. The summed E-state index contributed by atoms with van der Waals surface area (Å²) < 4.78 is 0. The third-order valence-corrected chi connectivity index (χ3v) is 10.8.